The fourth-order valence-electron chi connectivity index (χ4n) is 4.27. The molecule has 0 spiro atoms. The van der Waals surface area contributed by atoms with Crippen LogP contribution in [-0.2, 0) is 35.1 Å². The summed E-state index contributed by atoms with van der Waals surface area (Å²) in [4.78, 5) is 35.2. The number of carboxylic acids is 1. The number of fused-ring (bicyclic) bond motifs is 2. The highest BCUT2D eigenvalue weighted by Crippen LogP contribution is 2.32. The smallest absolute Gasteiger partial charge is 0.305 e. The number of aryl methyl sites for hydroxylation is 1. The largest absolute Gasteiger partial charge is 0.481 e. The highest BCUT2D eigenvalue weighted by molar-refractivity contribution is 5.99. The molecule has 1 aromatic carbocycles. The van der Waals surface area contributed by atoms with Crippen LogP contribution in [-0.4, -0.2) is 101 Å². The number of hydrogen-bond acceptors (Lipinski definition) is 13. The number of amides is 1. The van der Waals surface area contributed by atoms with Gasteiger partial charge in [-0.1, -0.05) is 0 Å². The number of nitrogens with zero attached hydrogens (tertiary/aromatic N) is 5. The van der Waals surface area contributed by atoms with Crippen LogP contribution in [0.25, 0.3) is 33.4 Å². The van der Waals surface area contributed by atoms with Crippen LogP contribution in [0.2, 0.25) is 0 Å². The monoisotopic (exact) mass is 614 g/mol. The number of aliphatic carboxylic acids is 1. The normalized spacial score (nSPS) is 11.5. The van der Waals surface area contributed by atoms with E-state index >= 15 is 0 Å². The van der Waals surface area contributed by atoms with E-state index in [1.165, 1.54) is 6.33 Å². The van der Waals surface area contributed by atoms with Crippen LogP contribution >= 0.6 is 0 Å². The second-order valence-electron chi connectivity index (χ2n) is 9.66. The summed E-state index contributed by atoms with van der Waals surface area (Å²) < 4.78 is 28.5. The summed E-state index contributed by atoms with van der Waals surface area (Å²) >= 11 is 0. The third-order valence-corrected chi connectivity index (χ3v) is 6.40. The van der Waals surface area contributed by atoms with Crippen molar-refractivity contribution in [2.75, 3.05) is 70.9 Å². The maximum absolute atomic E-state index is 12.1. The molecule has 0 fully saturated rings. The molecule has 4 aromatic rings. The summed E-state index contributed by atoms with van der Waals surface area (Å²) in [6.45, 7) is 3.87. The van der Waals surface area contributed by atoms with Gasteiger partial charge >= 0.3 is 5.97 Å². The Bertz CT molecular complexity index is 1510. The second kappa shape index (κ2) is 17.0. The lowest BCUT2D eigenvalue weighted by Crippen LogP contribution is -2.26. The highest BCUT2D eigenvalue weighted by atomic mass is 16.6. The standard InChI is InChI=1S/C28H38N8O8/c29-26-24-25(19-3-4-21-20(17-19)34-28(30)44-21)35-36(27(24)33-18-32-26)8-2-1-7-31-22(37)5-9-40-11-13-42-15-16-43-14-12-41-10-6-23(38)39/h3-4,17-18H,1-2,5-16H2,(H2,30,34)(H,31,37)(H,38,39)(H2,29,32,33). The van der Waals surface area contributed by atoms with Crippen molar-refractivity contribution in [3.63, 3.8) is 0 Å². The summed E-state index contributed by atoms with van der Waals surface area (Å²) in [5, 5.41) is 16.8. The molecular weight excluding hydrogens is 576 g/mol. The van der Waals surface area contributed by atoms with Crippen LogP contribution in [0, 0.1) is 0 Å². The Kier molecular flexibility index (Phi) is 12.6. The first-order chi connectivity index (χ1) is 21.4. The molecule has 16 heteroatoms. The van der Waals surface area contributed by atoms with Crippen molar-refractivity contribution < 1.29 is 38.1 Å². The summed E-state index contributed by atoms with van der Waals surface area (Å²) in [5.74, 6) is -0.639. The van der Waals surface area contributed by atoms with Gasteiger partial charge in [-0.2, -0.15) is 10.1 Å². The number of unbranched alkanes of at least 4 members (excludes halogenated alkanes) is 1. The Morgan fingerprint density at radius 2 is 1.59 bits per heavy atom. The zero-order chi connectivity index (χ0) is 31.1. The quantitative estimate of drug-likeness (QED) is 0.0979. The Balaban J connectivity index is 1.07. The average Bonchev–Trinajstić information content (AvgIpc) is 3.56. The first-order valence-corrected chi connectivity index (χ1v) is 14.3. The van der Waals surface area contributed by atoms with Crippen LogP contribution < -0.4 is 16.8 Å². The summed E-state index contributed by atoms with van der Waals surface area (Å²) in [7, 11) is 0. The van der Waals surface area contributed by atoms with E-state index in [0.29, 0.717) is 93.0 Å². The van der Waals surface area contributed by atoms with Crippen LogP contribution in [0.1, 0.15) is 25.7 Å². The molecule has 0 aliphatic rings. The predicted molar refractivity (Wildman–Crippen MR) is 160 cm³/mol. The molecule has 238 valence electrons. The molecule has 3 aromatic heterocycles. The number of aromatic nitrogens is 5. The van der Waals surface area contributed by atoms with Gasteiger partial charge in [0.05, 0.1) is 64.7 Å². The summed E-state index contributed by atoms with van der Waals surface area (Å²) in [5.41, 5.74) is 15.1. The summed E-state index contributed by atoms with van der Waals surface area (Å²) in [6.07, 6.45) is 3.16. The number of nitrogens with two attached hydrogens (primary N) is 2. The molecule has 0 unspecified atom stereocenters. The first-order valence-electron chi connectivity index (χ1n) is 14.3. The van der Waals surface area contributed by atoms with Gasteiger partial charge in [-0.15, -0.1) is 0 Å². The lowest BCUT2D eigenvalue weighted by molar-refractivity contribution is -0.138. The zero-order valence-corrected chi connectivity index (χ0v) is 24.4. The molecule has 0 aliphatic carbocycles. The zero-order valence-electron chi connectivity index (χ0n) is 24.4. The molecule has 0 saturated carbocycles. The number of nitrogen functional groups attached to an aromatic ring is 2. The number of ether oxygens (including phenoxy) is 4. The molecule has 1 amide bonds. The predicted octanol–water partition coefficient (Wildman–Crippen LogP) is 1.63. The number of oxazole rings is 1. The lowest BCUT2D eigenvalue weighted by atomic mass is 10.1. The Labute approximate surface area is 253 Å². The minimum Gasteiger partial charge on any atom is -0.481 e. The van der Waals surface area contributed by atoms with E-state index in [1.807, 2.05) is 12.1 Å². The number of carboxylic acid groups (broad SMARTS) is 1. The van der Waals surface area contributed by atoms with Gasteiger partial charge in [0.1, 0.15) is 23.4 Å². The van der Waals surface area contributed by atoms with E-state index in [9.17, 15) is 9.59 Å². The molecule has 3 heterocycles. The number of anilines is 2. The van der Waals surface area contributed by atoms with Crippen molar-refractivity contribution in [2.24, 2.45) is 0 Å². The van der Waals surface area contributed by atoms with Crippen molar-refractivity contribution >= 4 is 45.8 Å². The van der Waals surface area contributed by atoms with E-state index < -0.39 is 5.97 Å². The van der Waals surface area contributed by atoms with E-state index in [1.54, 1.807) is 10.7 Å². The topological polar surface area (TPSA) is 225 Å². The second-order valence-corrected chi connectivity index (χ2v) is 9.66. The number of rotatable bonds is 21. The number of carbonyl (C=O) groups is 2. The maximum Gasteiger partial charge on any atom is 0.305 e. The van der Waals surface area contributed by atoms with Crippen LogP contribution in [0.4, 0.5) is 11.8 Å². The van der Waals surface area contributed by atoms with E-state index in [0.717, 1.165) is 18.4 Å². The van der Waals surface area contributed by atoms with Crippen LogP contribution in [0.15, 0.2) is 28.9 Å². The average molecular weight is 615 g/mol. The minimum absolute atomic E-state index is 0.0218. The van der Waals surface area contributed by atoms with E-state index in [-0.39, 0.29) is 31.4 Å². The molecule has 44 heavy (non-hydrogen) atoms. The van der Waals surface area contributed by atoms with Crippen LogP contribution in [0.5, 0.6) is 0 Å². The van der Waals surface area contributed by atoms with Gasteiger partial charge in [0.25, 0.3) is 6.01 Å². The third kappa shape index (κ3) is 9.84. The van der Waals surface area contributed by atoms with Crippen molar-refractivity contribution in [3.8, 4) is 11.3 Å². The molecule has 0 saturated heterocycles. The van der Waals surface area contributed by atoms with Gasteiger partial charge in [-0.25, -0.2) is 14.6 Å². The Morgan fingerprint density at radius 3 is 2.30 bits per heavy atom. The Morgan fingerprint density at radius 1 is 0.909 bits per heavy atom. The first kappa shape index (κ1) is 32.5. The molecular formula is C28H38N8O8. The third-order valence-electron chi connectivity index (χ3n) is 6.40. The summed E-state index contributed by atoms with van der Waals surface area (Å²) in [6, 6.07) is 5.58. The van der Waals surface area contributed by atoms with Gasteiger partial charge in [0.2, 0.25) is 5.91 Å². The van der Waals surface area contributed by atoms with Crippen molar-refractivity contribution in [1.82, 2.24) is 30.0 Å². The van der Waals surface area contributed by atoms with E-state index in [2.05, 4.69) is 20.3 Å². The van der Waals surface area contributed by atoms with Gasteiger partial charge in [-0.05, 0) is 31.0 Å². The molecule has 0 atom stereocenters. The number of benzene rings is 1. The fourth-order valence-corrected chi connectivity index (χ4v) is 4.27. The van der Waals surface area contributed by atoms with Crippen molar-refractivity contribution in [3.05, 3.63) is 24.5 Å². The SMILES string of the molecule is Nc1nc2cc(-c3nn(CCCCNC(=O)CCOCCOCCOCCOCCC(=O)O)c4ncnc(N)c34)ccc2o1. The number of carbonyl (C=O) groups excluding carboxylic acids is 1. The van der Waals surface area contributed by atoms with Crippen LogP contribution in [0.3, 0.4) is 0 Å². The van der Waals surface area contributed by atoms with Gasteiger partial charge < -0.3 is 45.3 Å². The molecule has 0 bridgehead atoms. The molecule has 4 rings (SSSR count). The van der Waals surface area contributed by atoms with Gasteiger partial charge in [0.15, 0.2) is 11.2 Å². The maximum atomic E-state index is 12.1. The number of nitrogens with one attached hydrogen (secondary N) is 1. The van der Waals surface area contributed by atoms with Gasteiger partial charge in [0, 0.05) is 25.1 Å². The highest BCUT2D eigenvalue weighted by Gasteiger charge is 2.18. The molecule has 0 radical (unpaired) electrons. The van der Waals surface area contributed by atoms with Crippen molar-refractivity contribution in [1.29, 1.82) is 0 Å². The molecule has 16 nitrogen and oxygen atoms in total. The number of hydrogen-bond donors (Lipinski definition) is 4. The molecule has 0 aliphatic heterocycles. The minimum atomic E-state index is -0.890. The lowest BCUT2D eigenvalue weighted by Gasteiger charge is -2.08. The fraction of sp³-hybridized carbons (Fsp3) is 0.500. The van der Waals surface area contributed by atoms with Gasteiger partial charge in [-0.3, -0.25) is 9.59 Å². The molecule has 6 N–H and O–H groups in total. The van der Waals surface area contributed by atoms with E-state index in [4.69, 9.17) is 45.0 Å². The Hall–Kier alpha value is -4.38. The van der Waals surface area contributed by atoms with Crippen molar-refractivity contribution in [2.45, 2.75) is 32.2 Å².